The average Bonchev–Trinajstić information content (AvgIpc) is 2.62. The summed E-state index contributed by atoms with van der Waals surface area (Å²) in [5, 5.41) is 70.5. The second kappa shape index (κ2) is 9.05. The van der Waals surface area contributed by atoms with Gasteiger partial charge in [0.2, 0.25) is 11.7 Å². The van der Waals surface area contributed by atoms with Gasteiger partial charge >= 0.3 is 0 Å². The van der Waals surface area contributed by atoms with Crippen molar-refractivity contribution >= 4 is 5.91 Å². The van der Waals surface area contributed by atoms with Crippen molar-refractivity contribution in [2.75, 3.05) is 19.8 Å². The first kappa shape index (κ1) is 22.4. The maximum atomic E-state index is 11.4. The van der Waals surface area contributed by atoms with Crippen LogP contribution in [0.2, 0.25) is 0 Å². The Hall–Kier alpha value is -0.930. The Bertz CT molecular complexity index is 508. The number of carbonyl (C=O) groups is 1. The van der Waals surface area contributed by atoms with Crippen LogP contribution >= 0.6 is 0 Å². The average molecular weight is 397 g/mol. The minimum Gasteiger partial charge on any atom is -0.394 e. The van der Waals surface area contributed by atoms with Crippen LogP contribution in [-0.4, -0.2) is 116 Å². The molecule has 2 fully saturated rings. The summed E-state index contributed by atoms with van der Waals surface area (Å²) in [7, 11) is 0. The Morgan fingerprint density at radius 3 is 2.44 bits per heavy atom. The highest BCUT2D eigenvalue weighted by atomic mass is 16.7. The lowest BCUT2D eigenvalue weighted by molar-refractivity contribution is -0.345. The minimum atomic E-state index is -2.38. The highest BCUT2D eigenvalue weighted by Gasteiger charge is 2.49. The second-order valence-corrected chi connectivity index (χ2v) is 6.76. The summed E-state index contributed by atoms with van der Waals surface area (Å²) in [5.74, 6) is -2.90. The van der Waals surface area contributed by atoms with Crippen molar-refractivity contribution in [3.05, 3.63) is 0 Å². The van der Waals surface area contributed by atoms with Crippen molar-refractivity contribution in [1.29, 1.82) is 0 Å². The molecular weight excluding hydrogens is 370 g/mol. The van der Waals surface area contributed by atoms with E-state index in [1.807, 2.05) is 0 Å². The zero-order chi connectivity index (χ0) is 20.4. The van der Waals surface area contributed by atoms with Crippen LogP contribution in [0.15, 0.2) is 0 Å². The van der Waals surface area contributed by atoms with Crippen LogP contribution in [0.25, 0.3) is 0 Å². The molecule has 0 spiro atoms. The molecular formula is C15H27NO11. The number of carbonyl (C=O) groups excluding carboxylic acids is 1. The second-order valence-electron chi connectivity index (χ2n) is 6.76. The summed E-state index contributed by atoms with van der Waals surface area (Å²) in [6.45, 7) is -0.695. The van der Waals surface area contributed by atoms with E-state index in [2.05, 4.69) is 5.32 Å². The van der Waals surface area contributed by atoms with Crippen LogP contribution in [0.4, 0.5) is 0 Å². The van der Waals surface area contributed by atoms with Gasteiger partial charge in [0, 0.05) is 13.3 Å². The first-order chi connectivity index (χ1) is 12.6. The van der Waals surface area contributed by atoms with Gasteiger partial charge in [0.25, 0.3) is 0 Å². The molecule has 1 amide bonds. The van der Waals surface area contributed by atoms with E-state index < -0.39 is 73.9 Å². The highest BCUT2D eigenvalue weighted by molar-refractivity contribution is 5.73. The van der Waals surface area contributed by atoms with Gasteiger partial charge in [-0.15, -0.1) is 0 Å². The van der Waals surface area contributed by atoms with Gasteiger partial charge in [-0.25, -0.2) is 0 Å². The molecule has 1 unspecified atom stereocenters. The number of aliphatic hydroxyl groups is 7. The summed E-state index contributed by atoms with van der Waals surface area (Å²) >= 11 is 0. The SMILES string of the molecule is CC(=O)N[C@H]1[C@@H](OC[C@@H]2C[C@@H](O)[C@@H](O)C(O)(CO)O2)O[C@H](CO)[C@@H](O)[C@@H]1O. The fourth-order valence-electron chi connectivity index (χ4n) is 3.15. The van der Waals surface area contributed by atoms with E-state index >= 15 is 0 Å². The number of amides is 1. The van der Waals surface area contributed by atoms with Crippen molar-refractivity contribution in [3.63, 3.8) is 0 Å². The lowest BCUT2D eigenvalue weighted by atomic mass is 9.95. The fraction of sp³-hybridized carbons (Fsp3) is 0.933. The molecule has 0 saturated carbocycles. The number of hydrogen-bond acceptors (Lipinski definition) is 11. The van der Waals surface area contributed by atoms with Crippen LogP contribution in [0.1, 0.15) is 13.3 Å². The van der Waals surface area contributed by atoms with Crippen molar-refractivity contribution in [2.24, 2.45) is 0 Å². The fourth-order valence-corrected chi connectivity index (χ4v) is 3.15. The Morgan fingerprint density at radius 1 is 1.22 bits per heavy atom. The Kier molecular flexibility index (Phi) is 7.49. The molecule has 9 atom stereocenters. The molecule has 12 nitrogen and oxygen atoms in total. The lowest BCUT2D eigenvalue weighted by Gasteiger charge is -2.44. The van der Waals surface area contributed by atoms with Gasteiger partial charge in [-0.3, -0.25) is 4.79 Å². The molecule has 0 radical (unpaired) electrons. The normalized spacial score (nSPS) is 45.5. The third-order valence-electron chi connectivity index (χ3n) is 4.63. The van der Waals surface area contributed by atoms with Crippen molar-refractivity contribution in [2.45, 2.75) is 68.1 Å². The van der Waals surface area contributed by atoms with Crippen LogP contribution in [-0.2, 0) is 19.0 Å². The lowest BCUT2D eigenvalue weighted by Crippen LogP contribution is -2.65. The van der Waals surface area contributed by atoms with E-state index in [4.69, 9.17) is 14.2 Å². The summed E-state index contributed by atoms with van der Waals surface area (Å²) in [5.41, 5.74) is 0. The molecule has 2 aliphatic rings. The quantitative estimate of drug-likeness (QED) is 0.214. The van der Waals surface area contributed by atoms with Gasteiger partial charge in [-0.05, 0) is 0 Å². The summed E-state index contributed by atoms with van der Waals surface area (Å²) in [6, 6.07) is -1.16. The Labute approximate surface area is 154 Å². The van der Waals surface area contributed by atoms with Gasteiger partial charge in [-0.1, -0.05) is 0 Å². The highest BCUT2D eigenvalue weighted by Crippen LogP contribution is 2.29. The van der Waals surface area contributed by atoms with Gasteiger partial charge < -0.3 is 55.3 Å². The molecule has 0 aliphatic carbocycles. The van der Waals surface area contributed by atoms with E-state index in [0.29, 0.717) is 0 Å². The monoisotopic (exact) mass is 397 g/mol. The third-order valence-corrected chi connectivity index (χ3v) is 4.63. The molecule has 2 rings (SSSR count). The first-order valence-corrected chi connectivity index (χ1v) is 8.51. The van der Waals surface area contributed by atoms with E-state index in [9.17, 15) is 40.5 Å². The number of ether oxygens (including phenoxy) is 3. The third kappa shape index (κ3) is 4.92. The predicted octanol–water partition coefficient (Wildman–Crippen LogP) is -4.86. The topological polar surface area (TPSA) is 198 Å². The van der Waals surface area contributed by atoms with Crippen LogP contribution in [0.3, 0.4) is 0 Å². The molecule has 0 aromatic rings. The smallest absolute Gasteiger partial charge is 0.218 e. The van der Waals surface area contributed by atoms with Crippen LogP contribution in [0, 0.1) is 0 Å². The predicted molar refractivity (Wildman–Crippen MR) is 84.9 cm³/mol. The molecule has 0 aromatic carbocycles. The molecule has 12 heteroatoms. The van der Waals surface area contributed by atoms with Gasteiger partial charge in [0.1, 0.15) is 30.5 Å². The molecule has 2 saturated heterocycles. The van der Waals surface area contributed by atoms with Crippen molar-refractivity contribution in [1.82, 2.24) is 5.32 Å². The maximum Gasteiger partial charge on any atom is 0.218 e. The molecule has 0 bridgehead atoms. The summed E-state index contributed by atoms with van der Waals surface area (Å²) < 4.78 is 16.0. The van der Waals surface area contributed by atoms with Crippen molar-refractivity contribution < 1.29 is 54.8 Å². The van der Waals surface area contributed by atoms with Crippen molar-refractivity contribution in [3.8, 4) is 0 Å². The van der Waals surface area contributed by atoms with Gasteiger partial charge in [-0.2, -0.15) is 0 Å². The number of hydrogen-bond donors (Lipinski definition) is 8. The molecule has 27 heavy (non-hydrogen) atoms. The Morgan fingerprint density at radius 2 is 1.89 bits per heavy atom. The maximum absolute atomic E-state index is 11.4. The first-order valence-electron chi connectivity index (χ1n) is 8.51. The zero-order valence-corrected chi connectivity index (χ0v) is 14.7. The van der Waals surface area contributed by atoms with Crippen LogP contribution in [0.5, 0.6) is 0 Å². The van der Waals surface area contributed by atoms with Gasteiger partial charge in [0.15, 0.2) is 6.29 Å². The largest absolute Gasteiger partial charge is 0.394 e. The van der Waals surface area contributed by atoms with Crippen LogP contribution < -0.4 is 5.32 Å². The van der Waals surface area contributed by atoms with Gasteiger partial charge in [0.05, 0.1) is 32.0 Å². The standard InChI is InChI=1S/C15H27NO11/c1-6(19)16-10-12(22)11(21)9(3-17)26-14(10)25-4-7-2-8(20)13(23)15(24,5-18)27-7/h7-14,17-18,20-24H,2-5H2,1H3,(H,16,19)/t7-,8+,9+,10+,11+,12+,13+,14-,15?/m0/s1. The molecule has 158 valence electrons. The number of aliphatic hydroxyl groups excluding tert-OH is 6. The summed E-state index contributed by atoms with van der Waals surface area (Å²) in [4.78, 5) is 11.4. The number of rotatable bonds is 6. The van der Waals surface area contributed by atoms with E-state index in [-0.39, 0.29) is 13.0 Å². The molecule has 2 heterocycles. The van der Waals surface area contributed by atoms with E-state index in [1.165, 1.54) is 6.92 Å². The molecule has 2 aliphatic heterocycles. The zero-order valence-electron chi connectivity index (χ0n) is 14.7. The van der Waals surface area contributed by atoms with E-state index in [0.717, 1.165) is 0 Å². The minimum absolute atomic E-state index is 0.129. The summed E-state index contributed by atoms with van der Waals surface area (Å²) in [6.07, 6.45) is -9.58. The molecule has 0 aromatic heterocycles. The number of nitrogens with one attached hydrogen (secondary N) is 1. The van der Waals surface area contributed by atoms with E-state index in [1.54, 1.807) is 0 Å². The Balaban J connectivity index is 2.05. The molecule has 8 N–H and O–H groups in total.